The van der Waals surface area contributed by atoms with Gasteiger partial charge >= 0.3 is 0 Å². The molecular formula is C13H14N2OS2. The molecule has 2 aromatic rings. The first-order chi connectivity index (χ1) is 8.69. The Kier molecular flexibility index (Phi) is 4.48. The molecule has 0 saturated carbocycles. The van der Waals surface area contributed by atoms with Crippen molar-refractivity contribution in [2.75, 3.05) is 6.54 Å². The van der Waals surface area contributed by atoms with Crippen LogP contribution in [0.3, 0.4) is 0 Å². The van der Waals surface area contributed by atoms with E-state index in [1.165, 1.54) is 4.88 Å². The Morgan fingerprint density at radius 1 is 1.44 bits per heavy atom. The van der Waals surface area contributed by atoms with Gasteiger partial charge in [-0.15, -0.1) is 11.3 Å². The van der Waals surface area contributed by atoms with Crippen LogP contribution in [0.1, 0.15) is 21.2 Å². The van der Waals surface area contributed by atoms with Gasteiger partial charge in [-0.2, -0.15) is 0 Å². The van der Waals surface area contributed by atoms with Crippen LogP contribution in [0.5, 0.6) is 0 Å². The van der Waals surface area contributed by atoms with Crippen molar-refractivity contribution in [1.82, 2.24) is 4.98 Å². The fraction of sp³-hybridized carbons (Fsp3) is 0.308. The quantitative estimate of drug-likeness (QED) is 0.693. The Bertz CT molecular complexity index is 570. The van der Waals surface area contributed by atoms with Crippen molar-refractivity contribution < 1.29 is 4.42 Å². The summed E-state index contributed by atoms with van der Waals surface area (Å²) in [5.74, 6) is 7.63. The molecule has 0 atom stereocenters. The van der Waals surface area contributed by atoms with E-state index in [4.69, 9.17) is 10.2 Å². The van der Waals surface area contributed by atoms with Gasteiger partial charge in [0, 0.05) is 10.6 Å². The molecule has 0 aromatic carbocycles. The number of oxazole rings is 1. The van der Waals surface area contributed by atoms with E-state index < -0.39 is 0 Å². The van der Waals surface area contributed by atoms with Crippen molar-refractivity contribution in [2.24, 2.45) is 5.73 Å². The number of thiophene rings is 1. The van der Waals surface area contributed by atoms with Crippen molar-refractivity contribution >= 4 is 23.1 Å². The number of thioether (sulfide) groups is 1. The smallest absolute Gasteiger partial charge is 0.256 e. The first-order valence-electron chi connectivity index (χ1n) is 5.53. The summed E-state index contributed by atoms with van der Waals surface area (Å²) < 4.78 is 5.52. The van der Waals surface area contributed by atoms with Crippen molar-refractivity contribution in [2.45, 2.75) is 24.8 Å². The largest absolute Gasteiger partial charge is 0.437 e. The van der Waals surface area contributed by atoms with Gasteiger partial charge in [0.2, 0.25) is 0 Å². The Morgan fingerprint density at radius 3 is 2.94 bits per heavy atom. The number of hydrogen-bond donors (Lipinski definition) is 1. The van der Waals surface area contributed by atoms with Gasteiger partial charge in [-0.1, -0.05) is 23.6 Å². The minimum absolute atomic E-state index is 0.400. The molecule has 2 rings (SSSR count). The maximum Gasteiger partial charge on any atom is 0.256 e. The van der Waals surface area contributed by atoms with E-state index in [1.807, 2.05) is 19.9 Å². The summed E-state index contributed by atoms with van der Waals surface area (Å²) in [5.41, 5.74) is 6.30. The van der Waals surface area contributed by atoms with Gasteiger partial charge in [-0.3, -0.25) is 0 Å². The molecule has 0 fully saturated rings. The Balaban J connectivity index is 1.96. The van der Waals surface area contributed by atoms with Crippen molar-refractivity contribution in [1.29, 1.82) is 0 Å². The summed E-state index contributed by atoms with van der Waals surface area (Å²) in [6, 6.07) is 4.11. The SMILES string of the molecule is Cc1nc(SCc2ccc(C#CCN)s2)oc1C. The fourth-order valence-corrected chi connectivity index (χ4v) is 3.14. The van der Waals surface area contributed by atoms with Gasteiger partial charge in [0.15, 0.2) is 0 Å². The molecule has 0 saturated heterocycles. The molecule has 0 unspecified atom stereocenters. The zero-order chi connectivity index (χ0) is 13.0. The van der Waals surface area contributed by atoms with Gasteiger partial charge in [0.25, 0.3) is 5.22 Å². The monoisotopic (exact) mass is 278 g/mol. The molecule has 94 valence electrons. The molecule has 0 bridgehead atoms. The molecule has 3 nitrogen and oxygen atoms in total. The van der Waals surface area contributed by atoms with Gasteiger partial charge in [0.05, 0.1) is 17.1 Å². The van der Waals surface area contributed by atoms with Gasteiger partial charge in [-0.25, -0.2) is 4.98 Å². The predicted octanol–water partition coefficient (Wildman–Crippen LogP) is 2.96. The minimum Gasteiger partial charge on any atom is -0.437 e. The molecule has 0 amide bonds. The van der Waals surface area contributed by atoms with Crippen molar-refractivity contribution in [3.05, 3.63) is 33.3 Å². The average Bonchev–Trinajstić information content (AvgIpc) is 2.92. The van der Waals surface area contributed by atoms with Crippen LogP contribution in [0.2, 0.25) is 0 Å². The highest BCUT2D eigenvalue weighted by molar-refractivity contribution is 7.98. The summed E-state index contributed by atoms with van der Waals surface area (Å²) in [6.07, 6.45) is 0. The van der Waals surface area contributed by atoms with E-state index in [9.17, 15) is 0 Å². The molecule has 2 N–H and O–H groups in total. The zero-order valence-corrected chi connectivity index (χ0v) is 12.0. The number of aryl methyl sites for hydroxylation is 2. The Hall–Kier alpha value is -1.22. The number of nitrogens with two attached hydrogens (primary N) is 1. The van der Waals surface area contributed by atoms with Gasteiger partial charge in [-0.05, 0) is 26.0 Å². The zero-order valence-electron chi connectivity index (χ0n) is 10.3. The van der Waals surface area contributed by atoms with Crippen molar-refractivity contribution in [3.8, 4) is 11.8 Å². The molecule has 0 aliphatic carbocycles. The van der Waals surface area contributed by atoms with E-state index in [0.29, 0.717) is 6.54 Å². The Morgan fingerprint density at radius 2 is 2.28 bits per heavy atom. The highest BCUT2D eigenvalue weighted by atomic mass is 32.2. The Labute approximate surface area is 115 Å². The lowest BCUT2D eigenvalue weighted by Gasteiger charge is -1.92. The lowest BCUT2D eigenvalue weighted by atomic mass is 10.4. The van der Waals surface area contributed by atoms with Gasteiger partial charge in [0.1, 0.15) is 5.76 Å². The molecule has 0 aliphatic rings. The summed E-state index contributed by atoms with van der Waals surface area (Å²) in [5, 5.41) is 0.730. The minimum atomic E-state index is 0.400. The topological polar surface area (TPSA) is 52.0 Å². The highest BCUT2D eigenvalue weighted by Gasteiger charge is 2.07. The van der Waals surface area contributed by atoms with Crippen LogP contribution in [0.25, 0.3) is 0 Å². The molecule has 2 aromatic heterocycles. The molecule has 0 radical (unpaired) electrons. The lowest BCUT2D eigenvalue weighted by Crippen LogP contribution is -1.92. The number of hydrogen-bond acceptors (Lipinski definition) is 5. The van der Waals surface area contributed by atoms with E-state index in [2.05, 4.69) is 22.9 Å². The fourth-order valence-electron chi connectivity index (χ4n) is 1.30. The second-order valence-electron chi connectivity index (χ2n) is 3.68. The van der Waals surface area contributed by atoms with Crippen LogP contribution in [0.15, 0.2) is 21.8 Å². The van der Waals surface area contributed by atoms with Gasteiger partial charge < -0.3 is 10.2 Å². The number of aromatic nitrogens is 1. The van der Waals surface area contributed by atoms with Crippen molar-refractivity contribution in [3.63, 3.8) is 0 Å². The summed E-state index contributed by atoms with van der Waals surface area (Å²) in [7, 11) is 0. The number of nitrogens with zero attached hydrogens (tertiary/aromatic N) is 1. The number of rotatable bonds is 3. The molecule has 18 heavy (non-hydrogen) atoms. The summed E-state index contributed by atoms with van der Waals surface area (Å²) >= 11 is 3.29. The van der Waals surface area contributed by atoms with Crippen LogP contribution in [0, 0.1) is 25.7 Å². The summed E-state index contributed by atoms with van der Waals surface area (Å²) in [4.78, 5) is 6.65. The van der Waals surface area contributed by atoms with Crippen LogP contribution < -0.4 is 5.73 Å². The van der Waals surface area contributed by atoms with E-state index in [0.717, 1.165) is 27.3 Å². The summed E-state index contributed by atoms with van der Waals surface area (Å²) in [6.45, 7) is 4.28. The molecular weight excluding hydrogens is 264 g/mol. The normalized spacial score (nSPS) is 10.2. The maximum atomic E-state index is 5.52. The molecule has 0 spiro atoms. The van der Waals surface area contributed by atoms with Crippen LogP contribution in [0.4, 0.5) is 0 Å². The van der Waals surface area contributed by atoms with E-state index in [-0.39, 0.29) is 0 Å². The first kappa shape index (κ1) is 13.2. The molecule has 2 heterocycles. The standard InChI is InChI=1S/C13H14N2OS2/c1-9-10(2)16-13(15-9)17-8-12-6-5-11(18-12)4-3-7-14/h5-6H,7-8,14H2,1-2H3. The average molecular weight is 278 g/mol. The third kappa shape index (κ3) is 3.39. The molecule has 0 aliphatic heterocycles. The van der Waals surface area contributed by atoms with Crippen LogP contribution in [-0.2, 0) is 5.75 Å². The van der Waals surface area contributed by atoms with E-state index in [1.54, 1.807) is 23.1 Å². The lowest BCUT2D eigenvalue weighted by molar-refractivity contribution is 0.431. The molecule has 5 heteroatoms. The second kappa shape index (κ2) is 6.10. The maximum absolute atomic E-state index is 5.52. The van der Waals surface area contributed by atoms with Crippen LogP contribution in [-0.4, -0.2) is 11.5 Å². The first-order valence-corrected chi connectivity index (χ1v) is 7.33. The third-order valence-corrected chi connectivity index (χ3v) is 4.38. The predicted molar refractivity (Wildman–Crippen MR) is 75.8 cm³/mol. The van der Waals surface area contributed by atoms with Crippen LogP contribution >= 0.6 is 23.1 Å². The second-order valence-corrected chi connectivity index (χ2v) is 5.78. The highest BCUT2D eigenvalue weighted by Crippen LogP contribution is 2.27. The third-order valence-electron chi connectivity index (χ3n) is 2.32. The van der Waals surface area contributed by atoms with E-state index >= 15 is 0 Å².